The van der Waals surface area contributed by atoms with E-state index in [1.54, 1.807) is 0 Å². The maximum absolute atomic E-state index is 13.0. The summed E-state index contributed by atoms with van der Waals surface area (Å²) in [5.41, 5.74) is -0.849. The summed E-state index contributed by atoms with van der Waals surface area (Å²) in [6.07, 6.45) is 0. The third kappa shape index (κ3) is 4.20. The first-order valence-corrected chi connectivity index (χ1v) is 9.07. The van der Waals surface area contributed by atoms with Gasteiger partial charge in [-0.25, -0.2) is 8.42 Å². The van der Waals surface area contributed by atoms with E-state index in [0.29, 0.717) is 4.31 Å². The third-order valence-electron chi connectivity index (χ3n) is 3.56. The molecule has 0 aliphatic carbocycles. The molecule has 2 aromatic rings. The molecule has 0 saturated heterocycles. The molecule has 0 bridgehead atoms. The average Bonchev–Trinajstić information content (AvgIpc) is 2.59. The first-order valence-electron chi connectivity index (χ1n) is 7.25. The first kappa shape index (κ1) is 20.3. The number of benzene rings is 2. The Morgan fingerprint density at radius 3 is 2.26 bits per heavy atom. The van der Waals surface area contributed by atoms with Crippen LogP contribution in [0.25, 0.3) is 0 Å². The fourth-order valence-corrected chi connectivity index (χ4v) is 4.23. The molecule has 0 unspecified atom stereocenters. The van der Waals surface area contributed by atoms with Crippen molar-refractivity contribution in [3.63, 3.8) is 0 Å². The summed E-state index contributed by atoms with van der Waals surface area (Å²) in [6, 6.07) is 7.95. The molecule has 0 saturated carbocycles. The molecule has 142 valence electrons. The zero-order valence-corrected chi connectivity index (χ0v) is 15.3. The molecule has 0 aliphatic rings. The number of halogens is 1. The summed E-state index contributed by atoms with van der Waals surface area (Å²) in [5.74, 6) is 0. The van der Waals surface area contributed by atoms with Crippen LogP contribution in [-0.2, 0) is 14.8 Å². The largest absolute Gasteiger partial charge is 0.289 e. The van der Waals surface area contributed by atoms with E-state index in [-0.39, 0.29) is 16.9 Å². The summed E-state index contributed by atoms with van der Waals surface area (Å²) in [4.78, 5) is 31.3. The fourth-order valence-electron chi connectivity index (χ4n) is 2.39. The highest BCUT2D eigenvalue weighted by Crippen LogP contribution is 2.32. The van der Waals surface area contributed by atoms with Gasteiger partial charge >= 0.3 is 0 Å². The van der Waals surface area contributed by atoms with Crippen LogP contribution >= 0.6 is 11.6 Å². The van der Waals surface area contributed by atoms with E-state index in [1.165, 1.54) is 19.1 Å². The molecule has 0 atom stereocenters. The van der Waals surface area contributed by atoms with Crippen molar-refractivity contribution in [2.45, 2.75) is 11.8 Å². The van der Waals surface area contributed by atoms with Gasteiger partial charge in [-0.15, -0.1) is 0 Å². The lowest BCUT2D eigenvalue weighted by Gasteiger charge is -2.24. The van der Waals surface area contributed by atoms with Gasteiger partial charge in [-0.1, -0.05) is 12.1 Å². The summed E-state index contributed by atoms with van der Waals surface area (Å²) in [7, 11) is -4.56. The van der Waals surface area contributed by atoms with Crippen LogP contribution in [0.4, 0.5) is 17.1 Å². The van der Waals surface area contributed by atoms with Crippen LogP contribution in [0.15, 0.2) is 47.4 Å². The van der Waals surface area contributed by atoms with E-state index >= 15 is 0 Å². The van der Waals surface area contributed by atoms with E-state index < -0.39 is 42.2 Å². The number of aryl methyl sites for hydroxylation is 1. The van der Waals surface area contributed by atoms with Gasteiger partial charge in [0, 0.05) is 18.2 Å². The molecule has 12 heteroatoms. The SMILES string of the molecule is Cc1cc([N+](=O)[O-])ccc1N(CC(=O)Cl)S(=O)(=O)c1ccccc1[N+](=O)[O-]. The third-order valence-corrected chi connectivity index (χ3v) is 5.48. The normalized spacial score (nSPS) is 11.0. The van der Waals surface area contributed by atoms with Gasteiger partial charge in [0.1, 0.15) is 6.54 Å². The van der Waals surface area contributed by atoms with Gasteiger partial charge in [0.15, 0.2) is 4.90 Å². The van der Waals surface area contributed by atoms with Crippen LogP contribution < -0.4 is 4.31 Å². The van der Waals surface area contributed by atoms with Gasteiger partial charge in [-0.2, -0.15) is 0 Å². The van der Waals surface area contributed by atoms with Crippen LogP contribution in [0.5, 0.6) is 0 Å². The highest BCUT2D eigenvalue weighted by atomic mass is 35.5. The Hall–Kier alpha value is -3.05. The average molecular weight is 414 g/mol. The maximum atomic E-state index is 13.0. The Kier molecular flexibility index (Phi) is 5.76. The van der Waals surface area contributed by atoms with Crippen molar-refractivity contribution in [1.82, 2.24) is 0 Å². The number of sulfonamides is 1. The highest BCUT2D eigenvalue weighted by molar-refractivity contribution is 7.93. The number of rotatable bonds is 7. The Morgan fingerprint density at radius 2 is 1.74 bits per heavy atom. The predicted molar refractivity (Wildman–Crippen MR) is 96.3 cm³/mol. The van der Waals surface area contributed by atoms with Crippen molar-refractivity contribution in [2.75, 3.05) is 10.8 Å². The molecule has 0 amide bonds. The molecule has 2 aromatic carbocycles. The quantitative estimate of drug-likeness (QED) is 0.386. The monoisotopic (exact) mass is 413 g/mol. The number of carbonyl (C=O) groups excluding carboxylic acids is 1. The standard InChI is InChI=1S/C15H12ClN3O7S/c1-10-8-11(18(21)22)6-7-12(10)17(9-15(16)20)27(25,26)14-5-3-2-4-13(14)19(23)24/h2-8H,9H2,1H3. The fraction of sp³-hybridized carbons (Fsp3) is 0.133. The highest BCUT2D eigenvalue weighted by Gasteiger charge is 2.33. The van der Waals surface area contributed by atoms with Gasteiger partial charge in [0.2, 0.25) is 5.24 Å². The van der Waals surface area contributed by atoms with E-state index in [4.69, 9.17) is 11.6 Å². The minimum Gasteiger partial charge on any atom is -0.279 e. The van der Waals surface area contributed by atoms with Crippen molar-refractivity contribution in [2.24, 2.45) is 0 Å². The molecular weight excluding hydrogens is 402 g/mol. The van der Waals surface area contributed by atoms with E-state index in [0.717, 1.165) is 30.3 Å². The molecular formula is C15H12ClN3O7S. The van der Waals surface area contributed by atoms with Crippen LogP contribution in [-0.4, -0.2) is 30.1 Å². The molecule has 0 aliphatic heterocycles. The van der Waals surface area contributed by atoms with Crippen molar-refractivity contribution >= 4 is 43.9 Å². The lowest BCUT2D eigenvalue weighted by molar-refractivity contribution is -0.387. The second kappa shape index (κ2) is 7.68. The lowest BCUT2D eigenvalue weighted by atomic mass is 10.2. The van der Waals surface area contributed by atoms with Gasteiger partial charge in [0.25, 0.3) is 21.4 Å². The number of para-hydroxylation sites is 1. The number of non-ortho nitro benzene ring substituents is 1. The topological polar surface area (TPSA) is 141 Å². The number of hydrogen-bond acceptors (Lipinski definition) is 7. The van der Waals surface area contributed by atoms with Crippen LogP contribution in [0, 0.1) is 27.2 Å². The molecule has 27 heavy (non-hydrogen) atoms. The van der Waals surface area contributed by atoms with Gasteiger partial charge < -0.3 is 0 Å². The number of nitro benzene ring substituents is 2. The Bertz CT molecular complexity index is 1040. The molecule has 0 N–H and O–H groups in total. The molecule has 0 aromatic heterocycles. The minimum atomic E-state index is -4.56. The second-order valence-corrected chi connectivity index (χ2v) is 7.57. The molecule has 0 spiro atoms. The van der Waals surface area contributed by atoms with Crippen molar-refractivity contribution in [3.8, 4) is 0 Å². The minimum absolute atomic E-state index is 0.0623. The smallest absolute Gasteiger partial charge is 0.279 e. The molecule has 10 nitrogen and oxygen atoms in total. The Labute approximate surface area is 158 Å². The molecule has 0 heterocycles. The van der Waals surface area contributed by atoms with Crippen molar-refractivity contribution < 1.29 is 23.1 Å². The summed E-state index contributed by atoms with van der Waals surface area (Å²) in [6.45, 7) is 0.595. The summed E-state index contributed by atoms with van der Waals surface area (Å²) in [5, 5.41) is 21.0. The van der Waals surface area contributed by atoms with Crippen LogP contribution in [0.2, 0.25) is 0 Å². The number of carbonyl (C=O) groups is 1. The van der Waals surface area contributed by atoms with E-state index in [2.05, 4.69) is 0 Å². The van der Waals surface area contributed by atoms with Gasteiger partial charge in [-0.05, 0) is 36.2 Å². The zero-order valence-electron chi connectivity index (χ0n) is 13.7. The van der Waals surface area contributed by atoms with Gasteiger partial charge in [-0.3, -0.25) is 29.3 Å². The zero-order chi connectivity index (χ0) is 20.4. The Morgan fingerprint density at radius 1 is 1.11 bits per heavy atom. The summed E-state index contributed by atoms with van der Waals surface area (Å²) < 4.78 is 26.7. The molecule has 0 fully saturated rings. The Balaban J connectivity index is 2.69. The number of nitro groups is 2. The van der Waals surface area contributed by atoms with Crippen molar-refractivity contribution in [1.29, 1.82) is 0 Å². The van der Waals surface area contributed by atoms with Gasteiger partial charge in [0.05, 0.1) is 15.5 Å². The molecule has 2 rings (SSSR count). The lowest BCUT2D eigenvalue weighted by Crippen LogP contribution is -2.35. The van der Waals surface area contributed by atoms with Crippen LogP contribution in [0.1, 0.15) is 5.56 Å². The first-order chi connectivity index (χ1) is 12.6. The maximum Gasteiger partial charge on any atom is 0.289 e. The summed E-state index contributed by atoms with van der Waals surface area (Å²) >= 11 is 5.37. The van der Waals surface area contributed by atoms with E-state index in [9.17, 15) is 33.4 Å². The second-order valence-electron chi connectivity index (χ2n) is 5.32. The van der Waals surface area contributed by atoms with Crippen LogP contribution in [0.3, 0.4) is 0 Å². The number of nitrogens with zero attached hydrogens (tertiary/aromatic N) is 3. The van der Waals surface area contributed by atoms with Crippen molar-refractivity contribution in [3.05, 3.63) is 68.3 Å². The number of hydrogen-bond donors (Lipinski definition) is 0. The number of anilines is 1. The van der Waals surface area contributed by atoms with E-state index in [1.807, 2.05) is 0 Å². The molecule has 0 radical (unpaired) electrons. The predicted octanol–water partition coefficient (Wildman–Crippen LogP) is 2.77.